The molecule has 0 radical (unpaired) electrons. The average Bonchev–Trinajstić information content (AvgIpc) is 2.36. The topological polar surface area (TPSA) is 73.6 Å². The number of carbonyl (C=O) groups excluding carboxylic acids is 1. The zero-order chi connectivity index (χ0) is 13.8. The summed E-state index contributed by atoms with van der Waals surface area (Å²) < 4.78 is 10.4. The number of benzene rings is 1. The first-order chi connectivity index (χ1) is 8.46. The molecule has 3 N–H and O–H groups in total. The molecule has 0 fully saturated rings. The molecule has 1 atom stereocenters. The van der Waals surface area contributed by atoms with E-state index in [1.807, 2.05) is 25.1 Å². The minimum Gasteiger partial charge on any atom is -0.493 e. The van der Waals surface area contributed by atoms with Gasteiger partial charge in [-0.3, -0.25) is 4.79 Å². The highest BCUT2D eigenvalue weighted by molar-refractivity contribution is 5.75. The first kappa shape index (κ1) is 14.3. The number of primary amides is 1. The molecule has 0 saturated heterocycles. The van der Waals surface area contributed by atoms with Gasteiger partial charge in [0.05, 0.1) is 14.2 Å². The fraction of sp³-hybridized carbons (Fsp3) is 0.462. The maximum absolute atomic E-state index is 11.2. The van der Waals surface area contributed by atoms with Gasteiger partial charge in [0.1, 0.15) is 0 Å². The summed E-state index contributed by atoms with van der Waals surface area (Å²) >= 11 is 0. The van der Waals surface area contributed by atoms with E-state index in [2.05, 4.69) is 5.32 Å². The molecule has 0 aliphatic heterocycles. The molecule has 5 nitrogen and oxygen atoms in total. The van der Waals surface area contributed by atoms with Crippen molar-refractivity contribution in [3.8, 4) is 11.5 Å². The second kappa shape index (κ2) is 5.73. The van der Waals surface area contributed by atoms with Gasteiger partial charge in [-0.05, 0) is 31.7 Å². The molecule has 0 aliphatic carbocycles. The Balaban J connectivity index is 3.18. The van der Waals surface area contributed by atoms with Gasteiger partial charge in [0.2, 0.25) is 5.91 Å². The van der Waals surface area contributed by atoms with E-state index in [9.17, 15) is 4.79 Å². The summed E-state index contributed by atoms with van der Waals surface area (Å²) in [5.74, 6) is 0.918. The lowest BCUT2D eigenvalue weighted by atomic mass is 9.88. The van der Waals surface area contributed by atoms with Gasteiger partial charge in [-0.25, -0.2) is 0 Å². The van der Waals surface area contributed by atoms with Crippen LogP contribution in [0.25, 0.3) is 0 Å². The summed E-state index contributed by atoms with van der Waals surface area (Å²) in [6.45, 7) is 1.92. The van der Waals surface area contributed by atoms with Crippen molar-refractivity contribution < 1.29 is 14.3 Å². The van der Waals surface area contributed by atoms with E-state index in [0.29, 0.717) is 11.5 Å². The Labute approximate surface area is 107 Å². The van der Waals surface area contributed by atoms with E-state index in [1.165, 1.54) is 0 Å². The number of hydrogen-bond acceptors (Lipinski definition) is 4. The maximum Gasteiger partial charge on any atom is 0.219 e. The smallest absolute Gasteiger partial charge is 0.219 e. The highest BCUT2D eigenvalue weighted by Gasteiger charge is 2.27. The Bertz CT molecular complexity index is 434. The molecule has 0 heterocycles. The van der Waals surface area contributed by atoms with Crippen LogP contribution in [0.5, 0.6) is 11.5 Å². The minimum atomic E-state index is -0.522. The molecular weight excluding hydrogens is 232 g/mol. The predicted molar refractivity (Wildman–Crippen MR) is 69.8 cm³/mol. The normalized spacial score (nSPS) is 13.8. The first-order valence-corrected chi connectivity index (χ1v) is 5.66. The number of carbonyl (C=O) groups is 1. The number of nitrogens with two attached hydrogens (primary N) is 1. The van der Waals surface area contributed by atoms with Crippen LogP contribution in [-0.4, -0.2) is 27.2 Å². The molecule has 1 aromatic carbocycles. The van der Waals surface area contributed by atoms with Gasteiger partial charge in [-0.15, -0.1) is 0 Å². The lowest BCUT2D eigenvalue weighted by Crippen LogP contribution is -2.40. The predicted octanol–water partition coefficient (Wildman–Crippen LogP) is 1.01. The van der Waals surface area contributed by atoms with Gasteiger partial charge >= 0.3 is 0 Å². The van der Waals surface area contributed by atoms with Crippen LogP contribution in [0.1, 0.15) is 18.9 Å². The van der Waals surface area contributed by atoms with Crippen molar-refractivity contribution in [2.24, 2.45) is 5.73 Å². The summed E-state index contributed by atoms with van der Waals surface area (Å²) in [6, 6.07) is 5.55. The molecule has 0 saturated carbocycles. The molecular formula is C13H20N2O3. The Morgan fingerprint density at radius 3 is 2.39 bits per heavy atom. The van der Waals surface area contributed by atoms with Crippen molar-refractivity contribution in [1.29, 1.82) is 0 Å². The van der Waals surface area contributed by atoms with Crippen LogP contribution in [0.2, 0.25) is 0 Å². The SMILES string of the molecule is CNC(C)(CC(N)=O)c1ccc(OC)c(OC)c1. The lowest BCUT2D eigenvalue weighted by Gasteiger charge is -2.29. The van der Waals surface area contributed by atoms with Crippen molar-refractivity contribution in [3.63, 3.8) is 0 Å². The van der Waals surface area contributed by atoms with E-state index in [0.717, 1.165) is 5.56 Å². The Kier molecular flexibility index (Phi) is 4.55. The van der Waals surface area contributed by atoms with E-state index in [1.54, 1.807) is 21.3 Å². The van der Waals surface area contributed by atoms with E-state index in [-0.39, 0.29) is 12.3 Å². The highest BCUT2D eigenvalue weighted by atomic mass is 16.5. The molecule has 1 unspecified atom stereocenters. The zero-order valence-electron chi connectivity index (χ0n) is 11.2. The molecule has 1 rings (SSSR count). The Morgan fingerprint density at radius 1 is 1.33 bits per heavy atom. The summed E-state index contributed by atoms with van der Waals surface area (Å²) in [6.07, 6.45) is 0.207. The second-order valence-corrected chi connectivity index (χ2v) is 4.29. The summed E-state index contributed by atoms with van der Waals surface area (Å²) in [5.41, 5.74) is 5.68. The standard InChI is InChI=1S/C13H20N2O3/c1-13(15-2,8-12(14)16)9-5-6-10(17-3)11(7-9)18-4/h5-7,15H,8H2,1-4H3,(H2,14,16). The quantitative estimate of drug-likeness (QED) is 0.792. The molecule has 1 aromatic rings. The van der Waals surface area contributed by atoms with Crippen molar-refractivity contribution in [2.45, 2.75) is 18.9 Å². The number of amides is 1. The highest BCUT2D eigenvalue weighted by Crippen LogP contribution is 2.33. The van der Waals surface area contributed by atoms with E-state index in [4.69, 9.17) is 15.2 Å². The van der Waals surface area contributed by atoms with Crippen LogP contribution >= 0.6 is 0 Å². The molecule has 0 aromatic heterocycles. The van der Waals surface area contributed by atoms with Crippen molar-refractivity contribution in [3.05, 3.63) is 23.8 Å². The van der Waals surface area contributed by atoms with Crippen molar-refractivity contribution in [1.82, 2.24) is 5.32 Å². The van der Waals surface area contributed by atoms with Crippen LogP contribution in [0.15, 0.2) is 18.2 Å². The third-order valence-electron chi connectivity index (χ3n) is 3.10. The van der Waals surface area contributed by atoms with Gasteiger partial charge < -0.3 is 20.5 Å². The number of nitrogens with one attached hydrogen (secondary N) is 1. The summed E-state index contributed by atoms with van der Waals surface area (Å²) in [4.78, 5) is 11.2. The van der Waals surface area contributed by atoms with Gasteiger partial charge in [0, 0.05) is 12.0 Å². The van der Waals surface area contributed by atoms with Crippen LogP contribution < -0.4 is 20.5 Å². The third-order valence-corrected chi connectivity index (χ3v) is 3.10. The van der Waals surface area contributed by atoms with Gasteiger partial charge in [-0.2, -0.15) is 0 Å². The second-order valence-electron chi connectivity index (χ2n) is 4.29. The number of methoxy groups -OCH3 is 2. The summed E-state index contributed by atoms with van der Waals surface area (Å²) in [5, 5.41) is 3.12. The molecule has 100 valence electrons. The van der Waals surface area contributed by atoms with Crippen LogP contribution in [-0.2, 0) is 10.3 Å². The van der Waals surface area contributed by atoms with Crippen LogP contribution in [0.3, 0.4) is 0 Å². The molecule has 1 amide bonds. The number of hydrogen-bond donors (Lipinski definition) is 2. The van der Waals surface area contributed by atoms with Gasteiger partial charge in [0.15, 0.2) is 11.5 Å². The van der Waals surface area contributed by atoms with Crippen LogP contribution in [0, 0.1) is 0 Å². The summed E-state index contributed by atoms with van der Waals surface area (Å²) in [7, 11) is 4.95. The largest absolute Gasteiger partial charge is 0.493 e. The fourth-order valence-electron chi connectivity index (χ4n) is 1.86. The average molecular weight is 252 g/mol. The van der Waals surface area contributed by atoms with Gasteiger partial charge in [0.25, 0.3) is 0 Å². The fourth-order valence-corrected chi connectivity index (χ4v) is 1.86. The van der Waals surface area contributed by atoms with Crippen molar-refractivity contribution >= 4 is 5.91 Å². The van der Waals surface area contributed by atoms with Crippen LogP contribution in [0.4, 0.5) is 0 Å². The zero-order valence-corrected chi connectivity index (χ0v) is 11.2. The molecule has 0 bridgehead atoms. The number of rotatable bonds is 6. The number of ether oxygens (including phenoxy) is 2. The van der Waals surface area contributed by atoms with Crippen molar-refractivity contribution in [2.75, 3.05) is 21.3 Å². The van der Waals surface area contributed by atoms with E-state index < -0.39 is 5.54 Å². The minimum absolute atomic E-state index is 0.207. The molecule has 0 aliphatic rings. The first-order valence-electron chi connectivity index (χ1n) is 5.66. The Hall–Kier alpha value is -1.75. The third kappa shape index (κ3) is 2.92. The lowest BCUT2D eigenvalue weighted by molar-refractivity contribution is -0.119. The Morgan fingerprint density at radius 2 is 1.94 bits per heavy atom. The maximum atomic E-state index is 11.2. The molecule has 18 heavy (non-hydrogen) atoms. The molecule has 5 heteroatoms. The molecule has 0 spiro atoms. The monoisotopic (exact) mass is 252 g/mol. The van der Waals surface area contributed by atoms with E-state index >= 15 is 0 Å². The van der Waals surface area contributed by atoms with Gasteiger partial charge in [-0.1, -0.05) is 6.07 Å².